The van der Waals surface area contributed by atoms with Crippen molar-refractivity contribution in [1.82, 2.24) is 0 Å². The lowest BCUT2D eigenvalue weighted by Crippen LogP contribution is -1.70. The second kappa shape index (κ2) is 8.63. The number of hydrogen-bond donors (Lipinski definition) is 0. The van der Waals surface area contributed by atoms with Crippen LogP contribution in [0.15, 0.2) is 12.2 Å². The lowest BCUT2D eigenvalue weighted by molar-refractivity contribution is 0.701. The van der Waals surface area contributed by atoms with Crippen molar-refractivity contribution in [2.75, 3.05) is 0 Å². The Bertz CT molecular complexity index is 134. The molecule has 1 nitrogen and oxygen atoms in total. The second-order valence-electron chi connectivity index (χ2n) is 2.16. The Morgan fingerprint density at radius 2 is 2.20 bits per heavy atom. The van der Waals surface area contributed by atoms with E-state index in [-0.39, 0.29) is 0 Å². The van der Waals surface area contributed by atoms with E-state index >= 15 is 0 Å². The van der Waals surface area contributed by atoms with Crippen molar-refractivity contribution in [3.63, 3.8) is 0 Å². The minimum absolute atomic E-state index is 0.504. The van der Waals surface area contributed by atoms with Crippen molar-refractivity contribution >= 4 is 16.6 Å². The van der Waals surface area contributed by atoms with E-state index in [9.17, 15) is 4.21 Å². The van der Waals surface area contributed by atoms with E-state index in [4.69, 9.17) is 0 Å². The van der Waals surface area contributed by atoms with Crippen LogP contribution in [0, 0.1) is 0 Å². The Balaban J connectivity index is 3.10. The van der Waals surface area contributed by atoms with Crippen LogP contribution in [0.3, 0.4) is 0 Å². The van der Waals surface area contributed by atoms with Crippen LogP contribution in [0.5, 0.6) is 0 Å². The average Bonchev–Trinajstić information content (AvgIpc) is 1.97. The molecule has 0 aromatic rings. The van der Waals surface area contributed by atoms with E-state index in [1.165, 1.54) is 19.3 Å². The zero-order valence-electron chi connectivity index (χ0n) is 6.38. The van der Waals surface area contributed by atoms with Crippen molar-refractivity contribution in [1.29, 1.82) is 0 Å². The molecule has 0 amide bonds. The maximum Gasteiger partial charge on any atom is 0.0885 e. The molecule has 0 rings (SSSR count). The minimum Gasteiger partial charge on any atom is -0.212 e. The molecule has 0 unspecified atom stereocenters. The molecule has 0 aliphatic rings. The molecule has 58 valence electrons. The molecule has 2 heteroatoms. The zero-order valence-corrected chi connectivity index (χ0v) is 7.19. The second-order valence-corrected chi connectivity index (χ2v) is 2.62. The predicted octanol–water partition coefficient (Wildman–Crippen LogP) is 2.14. The van der Waals surface area contributed by atoms with Gasteiger partial charge in [0.2, 0.25) is 0 Å². The normalized spacial score (nSPS) is 10.1. The molecule has 0 fully saturated rings. The Labute approximate surface area is 66.2 Å². The highest BCUT2D eigenvalue weighted by atomic mass is 32.1. The fourth-order valence-electron chi connectivity index (χ4n) is 0.696. The molecule has 10 heavy (non-hydrogen) atoms. The van der Waals surface area contributed by atoms with Crippen LogP contribution >= 0.6 is 0 Å². The third-order valence-electron chi connectivity index (χ3n) is 1.24. The first-order chi connectivity index (χ1) is 4.91. The molecule has 0 N–H and O–H groups in total. The van der Waals surface area contributed by atoms with E-state index in [0.29, 0.717) is 11.3 Å². The monoisotopic (exact) mass is 158 g/mol. The highest BCUT2D eigenvalue weighted by molar-refractivity contribution is 7.65. The Hall–Kier alpha value is -0.370. The summed E-state index contributed by atoms with van der Waals surface area (Å²) in [6.45, 7) is 2.18. The molecular formula is C8H14OS. The molecule has 0 atom stereocenters. The third-order valence-corrected chi connectivity index (χ3v) is 1.51. The van der Waals surface area contributed by atoms with E-state index < -0.39 is 0 Å². The van der Waals surface area contributed by atoms with Gasteiger partial charge in [-0.15, -0.1) is 0 Å². The number of rotatable bonds is 5. The quantitative estimate of drug-likeness (QED) is 0.340. The average molecular weight is 158 g/mol. The van der Waals surface area contributed by atoms with Crippen LogP contribution in [-0.2, 0) is 11.3 Å². The molecule has 0 heterocycles. The van der Waals surface area contributed by atoms with Crippen molar-refractivity contribution in [2.24, 2.45) is 0 Å². The number of unbranched alkanes of at least 4 members (excludes halogenated alkanes) is 3. The Morgan fingerprint density at radius 3 is 2.80 bits per heavy atom. The molecule has 0 aromatic heterocycles. The smallest absolute Gasteiger partial charge is 0.0885 e. The lowest BCUT2D eigenvalue weighted by atomic mass is 10.2. The van der Waals surface area contributed by atoms with E-state index in [1.807, 2.05) is 12.2 Å². The van der Waals surface area contributed by atoms with Crippen LogP contribution in [0.4, 0.5) is 0 Å². The predicted molar refractivity (Wildman–Crippen MR) is 47.5 cm³/mol. The van der Waals surface area contributed by atoms with Crippen molar-refractivity contribution in [3.05, 3.63) is 12.2 Å². The molecule has 0 aliphatic heterocycles. The highest BCUT2D eigenvalue weighted by Gasteiger charge is 1.79. The third kappa shape index (κ3) is 7.63. The van der Waals surface area contributed by atoms with Gasteiger partial charge in [0.15, 0.2) is 0 Å². The highest BCUT2D eigenvalue weighted by Crippen LogP contribution is 1.98. The lowest BCUT2D eigenvalue weighted by Gasteiger charge is -1.88. The maximum absolute atomic E-state index is 9.83. The van der Waals surface area contributed by atoms with Crippen molar-refractivity contribution < 1.29 is 4.21 Å². The Kier molecular flexibility index (Phi) is 8.31. The summed E-state index contributed by atoms with van der Waals surface area (Å²) in [5.41, 5.74) is 0. The van der Waals surface area contributed by atoms with Crippen LogP contribution in [-0.4, -0.2) is 9.58 Å². The number of hydrogen-bond acceptors (Lipinski definition) is 1. The van der Waals surface area contributed by atoms with Gasteiger partial charge in [-0.2, -0.15) is 0 Å². The fraction of sp³-hybridized carbons (Fsp3) is 0.625. The van der Waals surface area contributed by atoms with Crippen LogP contribution in [0.1, 0.15) is 32.6 Å². The van der Waals surface area contributed by atoms with Gasteiger partial charge < -0.3 is 0 Å². The van der Waals surface area contributed by atoms with E-state index in [0.717, 1.165) is 6.42 Å². The van der Waals surface area contributed by atoms with E-state index in [2.05, 4.69) is 6.92 Å². The van der Waals surface area contributed by atoms with Gasteiger partial charge in [0.05, 0.1) is 11.3 Å². The summed E-state index contributed by atoms with van der Waals surface area (Å²) < 4.78 is 9.83. The summed E-state index contributed by atoms with van der Waals surface area (Å²) in [6, 6.07) is 0. The first kappa shape index (κ1) is 9.63. The van der Waals surface area contributed by atoms with Gasteiger partial charge in [0.1, 0.15) is 0 Å². The van der Waals surface area contributed by atoms with Gasteiger partial charge in [-0.1, -0.05) is 31.9 Å². The molecular weight excluding hydrogens is 144 g/mol. The minimum atomic E-state index is 0.504. The van der Waals surface area contributed by atoms with Gasteiger partial charge in [-0.3, -0.25) is 0 Å². The first-order valence-electron chi connectivity index (χ1n) is 3.68. The van der Waals surface area contributed by atoms with Crippen LogP contribution in [0.25, 0.3) is 0 Å². The van der Waals surface area contributed by atoms with Crippen LogP contribution < -0.4 is 0 Å². The zero-order chi connectivity index (χ0) is 7.66. The van der Waals surface area contributed by atoms with E-state index in [1.54, 1.807) is 5.37 Å². The summed E-state index contributed by atoms with van der Waals surface area (Å²) in [4.78, 5) is 0. The van der Waals surface area contributed by atoms with Gasteiger partial charge >= 0.3 is 0 Å². The molecule has 0 saturated heterocycles. The summed E-state index contributed by atoms with van der Waals surface area (Å²) in [6.07, 6.45) is 8.76. The van der Waals surface area contributed by atoms with Gasteiger partial charge in [0, 0.05) is 5.37 Å². The van der Waals surface area contributed by atoms with Gasteiger partial charge in [-0.25, -0.2) is 4.21 Å². The summed E-state index contributed by atoms with van der Waals surface area (Å²) >= 11 is 0.504. The number of allylic oxidation sites excluding steroid dienone is 2. The molecule has 0 aliphatic carbocycles. The maximum atomic E-state index is 9.83. The van der Waals surface area contributed by atoms with Crippen molar-refractivity contribution in [2.45, 2.75) is 32.6 Å². The molecule has 0 bridgehead atoms. The van der Waals surface area contributed by atoms with Gasteiger partial charge in [0.25, 0.3) is 0 Å². The molecule has 0 aromatic carbocycles. The molecule has 0 radical (unpaired) electrons. The van der Waals surface area contributed by atoms with Crippen molar-refractivity contribution in [3.8, 4) is 0 Å². The molecule has 0 saturated carbocycles. The fourth-order valence-corrected chi connectivity index (χ4v) is 0.871. The van der Waals surface area contributed by atoms with Crippen LogP contribution in [0.2, 0.25) is 0 Å². The Morgan fingerprint density at radius 1 is 1.40 bits per heavy atom. The topological polar surface area (TPSA) is 17.1 Å². The largest absolute Gasteiger partial charge is 0.212 e. The molecule has 0 spiro atoms. The summed E-state index contributed by atoms with van der Waals surface area (Å²) in [5, 5.41) is 1.56. The van der Waals surface area contributed by atoms with Gasteiger partial charge in [-0.05, 0) is 12.8 Å². The first-order valence-corrected chi connectivity index (χ1v) is 4.49. The summed E-state index contributed by atoms with van der Waals surface area (Å²) in [5.74, 6) is 0. The summed E-state index contributed by atoms with van der Waals surface area (Å²) in [7, 11) is 0. The standard InChI is InChI=1S/C8H14OS/c1-2-3-4-5-6-7-8-10-9/h6-8H,2-5H2,1H3/b7-6+. The SMILES string of the molecule is CCCCC/C=C/C=S=O.